The second kappa shape index (κ2) is 10.7. The third-order valence-corrected chi connectivity index (χ3v) is 6.88. The van der Waals surface area contributed by atoms with Crippen molar-refractivity contribution in [1.29, 1.82) is 0 Å². The fourth-order valence-electron chi connectivity index (χ4n) is 4.66. The molecule has 0 aliphatic carbocycles. The van der Waals surface area contributed by atoms with Crippen LogP contribution in [0.3, 0.4) is 0 Å². The molecule has 2 fully saturated rings. The number of likely N-dealkylation sites (tertiary alicyclic amines) is 1. The molecule has 0 bridgehead atoms. The Morgan fingerprint density at radius 1 is 1.19 bits per heavy atom. The summed E-state index contributed by atoms with van der Waals surface area (Å²) in [6, 6.07) is 2.45. The summed E-state index contributed by atoms with van der Waals surface area (Å²) in [5, 5.41) is 2.72. The van der Waals surface area contributed by atoms with Crippen molar-refractivity contribution in [3.05, 3.63) is 64.7 Å². The van der Waals surface area contributed by atoms with Gasteiger partial charge in [-0.1, -0.05) is 19.4 Å². The number of aromatic nitrogens is 1. The minimum Gasteiger partial charge on any atom is -0.381 e. The fraction of sp³-hybridized carbons (Fsp3) is 0.480. The first-order valence-corrected chi connectivity index (χ1v) is 11.8. The van der Waals surface area contributed by atoms with E-state index >= 15 is 0 Å². The highest BCUT2D eigenvalue weighted by Gasteiger charge is 2.42. The van der Waals surface area contributed by atoms with Gasteiger partial charge >= 0.3 is 6.18 Å². The Bertz CT molecular complexity index is 1150. The summed E-state index contributed by atoms with van der Waals surface area (Å²) < 4.78 is 85.2. The number of pyridine rings is 1. The molecular formula is C25H25F6N3O3. The zero-order chi connectivity index (χ0) is 26.9. The largest absolute Gasteiger partial charge is 0.416 e. The summed E-state index contributed by atoms with van der Waals surface area (Å²) >= 11 is 0. The first-order chi connectivity index (χ1) is 17.5. The number of nitrogens with one attached hydrogen (secondary N) is 1. The molecule has 0 spiro atoms. The van der Waals surface area contributed by atoms with Crippen LogP contribution in [0, 0.1) is 17.7 Å². The van der Waals surface area contributed by atoms with Crippen molar-refractivity contribution in [1.82, 2.24) is 15.2 Å². The van der Waals surface area contributed by atoms with Crippen molar-refractivity contribution >= 4 is 11.8 Å². The molecule has 2 aliphatic rings. The number of hydrogen-bond donors (Lipinski definition) is 1. The number of amides is 2. The first-order valence-electron chi connectivity index (χ1n) is 11.8. The third-order valence-electron chi connectivity index (χ3n) is 6.88. The topological polar surface area (TPSA) is 71.5 Å². The lowest BCUT2D eigenvalue weighted by molar-refractivity contribution is -0.138. The molecule has 1 unspecified atom stereocenters. The number of halogens is 6. The lowest BCUT2D eigenvalue weighted by atomic mass is 9.90. The van der Waals surface area contributed by atoms with Crippen molar-refractivity contribution in [3.8, 4) is 0 Å². The van der Waals surface area contributed by atoms with Crippen LogP contribution in [0.5, 0.6) is 0 Å². The van der Waals surface area contributed by atoms with Crippen molar-refractivity contribution in [2.75, 3.05) is 19.8 Å². The molecule has 3 atom stereocenters. The van der Waals surface area contributed by atoms with E-state index in [1.807, 2.05) is 6.92 Å². The highest BCUT2D eigenvalue weighted by Crippen LogP contribution is 2.35. The van der Waals surface area contributed by atoms with E-state index in [0.29, 0.717) is 18.9 Å². The molecule has 12 heteroatoms. The van der Waals surface area contributed by atoms with Gasteiger partial charge in [-0.3, -0.25) is 14.6 Å². The molecule has 6 nitrogen and oxygen atoms in total. The van der Waals surface area contributed by atoms with E-state index in [1.165, 1.54) is 11.0 Å². The summed E-state index contributed by atoms with van der Waals surface area (Å²) in [6.45, 7) is 2.44. The average molecular weight is 529 g/mol. The number of carbonyl (C=O) groups excluding carboxylic acids is 2. The number of rotatable bonds is 7. The minimum atomic E-state index is -4.73. The maximum atomic E-state index is 14.8. The highest BCUT2D eigenvalue weighted by atomic mass is 19.4. The minimum absolute atomic E-state index is 0.0376. The average Bonchev–Trinajstić information content (AvgIpc) is 3.26. The molecule has 2 aromatic rings. The van der Waals surface area contributed by atoms with Gasteiger partial charge in [-0.05, 0) is 36.6 Å². The Balaban J connectivity index is 1.59. The molecule has 1 aromatic carbocycles. The lowest BCUT2D eigenvalue weighted by Gasteiger charge is -2.36. The zero-order valence-electron chi connectivity index (χ0n) is 19.8. The summed E-state index contributed by atoms with van der Waals surface area (Å²) in [4.78, 5) is 31.5. The van der Waals surface area contributed by atoms with E-state index in [1.54, 1.807) is 0 Å². The van der Waals surface area contributed by atoms with Crippen LogP contribution < -0.4 is 5.32 Å². The van der Waals surface area contributed by atoms with E-state index in [4.69, 9.17) is 4.74 Å². The first kappa shape index (κ1) is 26.9. The van der Waals surface area contributed by atoms with Gasteiger partial charge in [-0.15, -0.1) is 0 Å². The van der Waals surface area contributed by atoms with Crippen LogP contribution in [0.2, 0.25) is 0 Å². The molecule has 1 N–H and O–H groups in total. The molecule has 2 amide bonds. The summed E-state index contributed by atoms with van der Waals surface area (Å²) in [6.07, 6.45) is -5.56. The van der Waals surface area contributed by atoms with E-state index in [-0.39, 0.29) is 42.7 Å². The summed E-state index contributed by atoms with van der Waals surface area (Å²) in [5.74, 6) is -2.76. The van der Waals surface area contributed by atoms with Gasteiger partial charge in [0.05, 0.1) is 24.8 Å². The smallest absolute Gasteiger partial charge is 0.381 e. The van der Waals surface area contributed by atoms with Crippen LogP contribution in [0.15, 0.2) is 36.5 Å². The third kappa shape index (κ3) is 5.73. The van der Waals surface area contributed by atoms with Gasteiger partial charge in [-0.25, -0.2) is 13.2 Å². The Hall–Kier alpha value is -3.15. The second-order valence-corrected chi connectivity index (χ2v) is 9.27. The number of hydrogen-bond acceptors (Lipinski definition) is 4. The van der Waals surface area contributed by atoms with E-state index < -0.39 is 53.6 Å². The second-order valence-electron chi connectivity index (χ2n) is 9.27. The SMILES string of the molecule is CC[C@@H]1C[C@H](C(=O)NC(c2ccc(C(F)(F)F)cc2F)C2COC2)N(C(=O)c2ccnc(C(F)F)c2)C1. The van der Waals surface area contributed by atoms with Gasteiger partial charge in [-0.2, -0.15) is 13.2 Å². The maximum absolute atomic E-state index is 14.8. The normalized spacial score (nSPS) is 21.1. The summed E-state index contributed by atoms with van der Waals surface area (Å²) in [7, 11) is 0. The molecular weight excluding hydrogens is 504 g/mol. The fourth-order valence-corrected chi connectivity index (χ4v) is 4.66. The Morgan fingerprint density at radius 2 is 1.92 bits per heavy atom. The van der Waals surface area contributed by atoms with Gasteiger partial charge in [0.25, 0.3) is 12.3 Å². The van der Waals surface area contributed by atoms with Crippen molar-refractivity contribution in [2.45, 2.75) is 44.5 Å². The Morgan fingerprint density at radius 3 is 2.49 bits per heavy atom. The van der Waals surface area contributed by atoms with E-state index in [9.17, 15) is 35.9 Å². The number of ether oxygens (including phenoxy) is 1. The lowest BCUT2D eigenvalue weighted by Crippen LogP contribution is -2.50. The standard InChI is InChI=1S/C25H25F6N3O3/c1-2-13-7-20(34(10-13)24(36)14-5-6-32-19(8-14)22(27)28)23(35)33-21(15-11-37-12-15)17-4-3-16(9-18(17)26)25(29,30)31/h3-6,8-9,13,15,20-22H,2,7,10-12H2,1H3,(H,33,35)/t13-,20-,21?/m1/s1. The molecule has 0 radical (unpaired) electrons. The van der Waals surface area contributed by atoms with E-state index in [2.05, 4.69) is 10.3 Å². The van der Waals surface area contributed by atoms with Crippen LogP contribution in [0.1, 0.15) is 59.4 Å². The quantitative estimate of drug-likeness (QED) is 0.517. The predicted molar refractivity (Wildman–Crippen MR) is 119 cm³/mol. The van der Waals surface area contributed by atoms with Gasteiger partial charge in [0.2, 0.25) is 5.91 Å². The summed E-state index contributed by atoms with van der Waals surface area (Å²) in [5.41, 5.74) is -1.88. The molecule has 1 aromatic heterocycles. The number of alkyl halides is 5. The molecule has 4 rings (SSSR count). The molecule has 2 saturated heterocycles. The number of carbonyl (C=O) groups is 2. The monoisotopic (exact) mass is 529 g/mol. The molecule has 3 heterocycles. The molecule has 2 aliphatic heterocycles. The number of nitrogens with zero attached hydrogens (tertiary/aromatic N) is 2. The predicted octanol–water partition coefficient (Wildman–Crippen LogP) is 4.92. The van der Waals surface area contributed by atoms with Gasteiger partial charge < -0.3 is 15.0 Å². The van der Waals surface area contributed by atoms with Crippen LogP contribution in [-0.4, -0.2) is 47.5 Å². The molecule has 200 valence electrons. The Labute approximate surface area is 209 Å². The molecule has 37 heavy (non-hydrogen) atoms. The Kier molecular flexibility index (Phi) is 7.77. The van der Waals surface area contributed by atoms with Gasteiger partial charge in [0, 0.05) is 29.8 Å². The van der Waals surface area contributed by atoms with Crippen molar-refractivity contribution in [3.63, 3.8) is 0 Å². The number of benzene rings is 1. The van der Waals surface area contributed by atoms with Crippen LogP contribution >= 0.6 is 0 Å². The van der Waals surface area contributed by atoms with Crippen LogP contribution in [0.4, 0.5) is 26.3 Å². The van der Waals surface area contributed by atoms with Crippen LogP contribution in [0.25, 0.3) is 0 Å². The maximum Gasteiger partial charge on any atom is 0.416 e. The van der Waals surface area contributed by atoms with Gasteiger partial charge in [0.15, 0.2) is 0 Å². The van der Waals surface area contributed by atoms with Crippen LogP contribution in [-0.2, 0) is 15.7 Å². The highest BCUT2D eigenvalue weighted by molar-refractivity contribution is 5.98. The van der Waals surface area contributed by atoms with Crippen molar-refractivity contribution in [2.24, 2.45) is 11.8 Å². The zero-order valence-corrected chi connectivity index (χ0v) is 19.8. The van der Waals surface area contributed by atoms with E-state index in [0.717, 1.165) is 24.4 Å². The van der Waals surface area contributed by atoms with Crippen molar-refractivity contribution < 1.29 is 40.7 Å². The molecule has 0 saturated carbocycles. The van der Waals surface area contributed by atoms with Gasteiger partial charge in [0.1, 0.15) is 17.6 Å².